The molecule has 1 rings (SSSR count). The molecule has 0 aliphatic heterocycles. The normalized spacial score (nSPS) is 10.2. The summed E-state index contributed by atoms with van der Waals surface area (Å²) in [5.41, 5.74) is 0.0261. The highest BCUT2D eigenvalue weighted by atomic mass is 35.5. The Balaban J connectivity index is 2.55. The Labute approximate surface area is 97.8 Å². The first-order chi connectivity index (χ1) is 7.65. The molecule has 6 heteroatoms. The van der Waals surface area contributed by atoms with Crippen molar-refractivity contribution in [1.29, 1.82) is 0 Å². The quantitative estimate of drug-likeness (QED) is 0.635. The van der Waals surface area contributed by atoms with Gasteiger partial charge in [0, 0.05) is 13.2 Å². The van der Waals surface area contributed by atoms with E-state index in [1.807, 2.05) is 6.92 Å². The van der Waals surface area contributed by atoms with Crippen molar-refractivity contribution in [1.82, 2.24) is 10.3 Å². The van der Waals surface area contributed by atoms with Gasteiger partial charge in [0.25, 0.3) is 5.91 Å². The van der Waals surface area contributed by atoms with E-state index in [-0.39, 0.29) is 10.7 Å². The Morgan fingerprint density at radius 2 is 2.44 bits per heavy atom. The van der Waals surface area contributed by atoms with Gasteiger partial charge in [-0.25, -0.2) is 9.37 Å². The predicted molar refractivity (Wildman–Crippen MR) is 58.0 cm³/mol. The molecule has 88 valence electrons. The van der Waals surface area contributed by atoms with Crippen LogP contribution in [0.2, 0.25) is 5.15 Å². The summed E-state index contributed by atoms with van der Waals surface area (Å²) in [4.78, 5) is 15.1. The number of pyridine rings is 1. The Kier molecular flexibility index (Phi) is 5.14. The largest absolute Gasteiger partial charge is 0.380 e. The summed E-state index contributed by atoms with van der Waals surface area (Å²) >= 11 is 5.66. The van der Waals surface area contributed by atoms with E-state index in [2.05, 4.69) is 10.3 Å². The summed E-state index contributed by atoms with van der Waals surface area (Å²) < 4.78 is 17.9. The molecule has 1 heterocycles. The number of nitrogens with one attached hydrogen (secondary N) is 1. The van der Waals surface area contributed by atoms with Crippen LogP contribution in [0.15, 0.2) is 12.3 Å². The molecule has 0 atom stereocenters. The molecule has 0 fully saturated rings. The fraction of sp³-hybridized carbons (Fsp3) is 0.400. The van der Waals surface area contributed by atoms with Crippen molar-refractivity contribution in [2.75, 3.05) is 19.8 Å². The number of carbonyl (C=O) groups excluding carboxylic acids is 1. The molecular formula is C10H12ClFN2O2. The molecule has 0 aliphatic carbocycles. The highest BCUT2D eigenvalue weighted by molar-refractivity contribution is 6.32. The lowest BCUT2D eigenvalue weighted by Crippen LogP contribution is -2.27. The molecule has 0 radical (unpaired) electrons. The van der Waals surface area contributed by atoms with E-state index in [4.69, 9.17) is 16.3 Å². The van der Waals surface area contributed by atoms with Crippen molar-refractivity contribution in [2.45, 2.75) is 6.92 Å². The van der Waals surface area contributed by atoms with Crippen LogP contribution in [0.25, 0.3) is 0 Å². The third-order valence-corrected chi connectivity index (χ3v) is 2.09. The van der Waals surface area contributed by atoms with Gasteiger partial charge in [0.2, 0.25) is 0 Å². The monoisotopic (exact) mass is 246 g/mol. The van der Waals surface area contributed by atoms with E-state index in [0.717, 1.165) is 12.3 Å². The van der Waals surface area contributed by atoms with Crippen molar-refractivity contribution in [3.05, 3.63) is 28.8 Å². The van der Waals surface area contributed by atoms with Gasteiger partial charge in [-0.2, -0.15) is 0 Å². The van der Waals surface area contributed by atoms with Crippen LogP contribution in [-0.4, -0.2) is 30.6 Å². The maximum absolute atomic E-state index is 12.8. The summed E-state index contributed by atoms with van der Waals surface area (Å²) in [7, 11) is 0. The Morgan fingerprint density at radius 1 is 1.69 bits per heavy atom. The molecule has 0 spiro atoms. The van der Waals surface area contributed by atoms with Crippen LogP contribution in [0.3, 0.4) is 0 Å². The fourth-order valence-electron chi connectivity index (χ4n) is 1.06. The number of halogens is 2. The number of hydrogen-bond donors (Lipinski definition) is 1. The topological polar surface area (TPSA) is 51.2 Å². The third kappa shape index (κ3) is 3.75. The number of nitrogens with zero attached hydrogens (tertiary/aromatic N) is 1. The van der Waals surface area contributed by atoms with E-state index < -0.39 is 11.7 Å². The Hall–Kier alpha value is -1.20. The lowest BCUT2D eigenvalue weighted by Gasteiger charge is -2.06. The fourth-order valence-corrected chi connectivity index (χ4v) is 1.25. The van der Waals surface area contributed by atoms with E-state index in [9.17, 15) is 9.18 Å². The van der Waals surface area contributed by atoms with Crippen LogP contribution < -0.4 is 5.32 Å². The number of rotatable bonds is 5. The maximum atomic E-state index is 12.8. The molecule has 0 aliphatic rings. The molecule has 0 saturated carbocycles. The lowest BCUT2D eigenvalue weighted by molar-refractivity contribution is 0.0922. The van der Waals surface area contributed by atoms with Crippen LogP contribution in [-0.2, 0) is 4.74 Å². The van der Waals surface area contributed by atoms with Gasteiger partial charge in [0.05, 0.1) is 18.4 Å². The maximum Gasteiger partial charge on any atom is 0.254 e. The van der Waals surface area contributed by atoms with Crippen LogP contribution in [0.4, 0.5) is 4.39 Å². The second-order valence-electron chi connectivity index (χ2n) is 2.94. The van der Waals surface area contributed by atoms with Crippen LogP contribution >= 0.6 is 11.6 Å². The zero-order valence-corrected chi connectivity index (χ0v) is 9.55. The summed E-state index contributed by atoms with van der Waals surface area (Å²) in [6, 6.07) is 1.05. The average molecular weight is 247 g/mol. The van der Waals surface area contributed by atoms with Crippen molar-refractivity contribution >= 4 is 17.5 Å². The lowest BCUT2D eigenvalue weighted by atomic mass is 10.2. The van der Waals surface area contributed by atoms with E-state index in [1.54, 1.807) is 0 Å². The van der Waals surface area contributed by atoms with Gasteiger partial charge >= 0.3 is 0 Å². The van der Waals surface area contributed by atoms with Crippen molar-refractivity contribution < 1.29 is 13.9 Å². The van der Waals surface area contributed by atoms with Gasteiger partial charge in [-0.3, -0.25) is 4.79 Å². The van der Waals surface area contributed by atoms with E-state index >= 15 is 0 Å². The molecule has 0 aromatic carbocycles. The minimum absolute atomic E-state index is 0.0182. The summed E-state index contributed by atoms with van der Waals surface area (Å²) in [6.07, 6.45) is 0.958. The average Bonchev–Trinajstić information content (AvgIpc) is 2.27. The number of carbonyl (C=O) groups is 1. The van der Waals surface area contributed by atoms with Gasteiger partial charge in [-0.1, -0.05) is 11.6 Å². The van der Waals surface area contributed by atoms with Crippen LogP contribution in [0.1, 0.15) is 17.3 Å². The number of hydrogen-bond acceptors (Lipinski definition) is 3. The number of amides is 1. The second kappa shape index (κ2) is 6.40. The van der Waals surface area contributed by atoms with Gasteiger partial charge in [-0.15, -0.1) is 0 Å². The smallest absolute Gasteiger partial charge is 0.254 e. The number of aromatic nitrogens is 1. The van der Waals surface area contributed by atoms with Crippen LogP contribution in [0.5, 0.6) is 0 Å². The molecule has 4 nitrogen and oxygen atoms in total. The first-order valence-corrected chi connectivity index (χ1v) is 5.20. The summed E-state index contributed by atoms with van der Waals surface area (Å²) in [5.74, 6) is -1.06. The van der Waals surface area contributed by atoms with Gasteiger partial charge in [0.15, 0.2) is 0 Å². The van der Waals surface area contributed by atoms with Crippen molar-refractivity contribution in [2.24, 2.45) is 0 Å². The first kappa shape index (κ1) is 12.9. The predicted octanol–water partition coefficient (Wildman–Crippen LogP) is 1.64. The summed E-state index contributed by atoms with van der Waals surface area (Å²) in [6.45, 7) is 3.19. The number of ether oxygens (including phenoxy) is 1. The zero-order chi connectivity index (χ0) is 12.0. The highest BCUT2D eigenvalue weighted by Crippen LogP contribution is 2.13. The standard InChI is InChI=1S/C10H12ClFN2O2/c1-2-16-4-3-13-10(15)8-5-7(12)6-14-9(8)11/h5-6H,2-4H2,1H3,(H,13,15). The molecule has 1 N–H and O–H groups in total. The van der Waals surface area contributed by atoms with Crippen molar-refractivity contribution in [3.8, 4) is 0 Å². The molecule has 0 bridgehead atoms. The molecule has 1 aromatic rings. The third-order valence-electron chi connectivity index (χ3n) is 1.79. The van der Waals surface area contributed by atoms with E-state index in [0.29, 0.717) is 19.8 Å². The van der Waals surface area contributed by atoms with E-state index in [1.165, 1.54) is 0 Å². The molecule has 1 aromatic heterocycles. The SMILES string of the molecule is CCOCCNC(=O)c1cc(F)cnc1Cl. The molecule has 0 saturated heterocycles. The minimum Gasteiger partial charge on any atom is -0.380 e. The molecular weight excluding hydrogens is 235 g/mol. The Morgan fingerprint density at radius 3 is 3.12 bits per heavy atom. The minimum atomic E-state index is -0.598. The Bertz CT molecular complexity index is 374. The highest BCUT2D eigenvalue weighted by Gasteiger charge is 2.11. The van der Waals surface area contributed by atoms with Gasteiger partial charge in [-0.05, 0) is 13.0 Å². The second-order valence-corrected chi connectivity index (χ2v) is 3.30. The first-order valence-electron chi connectivity index (χ1n) is 4.82. The molecule has 0 unspecified atom stereocenters. The molecule has 1 amide bonds. The molecule has 16 heavy (non-hydrogen) atoms. The van der Waals surface area contributed by atoms with Gasteiger partial charge in [0.1, 0.15) is 11.0 Å². The van der Waals surface area contributed by atoms with Gasteiger partial charge < -0.3 is 10.1 Å². The van der Waals surface area contributed by atoms with Crippen molar-refractivity contribution in [3.63, 3.8) is 0 Å². The zero-order valence-electron chi connectivity index (χ0n) is 8.80. The van der Waals surface area contributed by atoms with Crippen LogP contribution in [0, 0.1) is 5.82 Å². The summed E-state index contributed by atoms with van der Waals surface area (Å²) in [5, 5.41) is 2.53.